The molecule has 1 aliphatic heterocycles. The second-order valence-corrected chi connectivity index (χ2v) is 5.81. The van der Waals surface area contributed by atoms with Crippen LogP contribution in [0.25, 0.3) is 0 Å². The fraction of sp³-hybridized carbons (Fsp3) is 0.667. The molecular formula is C15H23NO4. The minimum absolute atomic E-state index is 0.0779. The number of carbonyl (C=O) groups is 1. The summed E-state index contributed by atoms with van der Waals surface area (Å²) in [6.07, 6.45) is 3.70. The highest BCUT2D eigenvalue weighted by atomic mass is 16.5. The number of hydrogen-bond acceptors (Lipinski definition) is 4. The standard InChI is InChI=1S/C15H23NO4/c1-15(2)11-12(6-10-20-15)16(7-4-8-17)14(18)13-5-3-9-19-13/h3,5,9,12,17H,4,6-8,10-11H2,1-2H3/t12-/m1/s1. The molecule has 0 spiro atoms. The Morgan fingerprint density at radius 3 is 2.95 bits per heavy atom. The zero-order valence-electron chi connectivity index (χ0n) is 12.2. The summed E-state index contributed by atoms with van der Waals surface area (Å²) in [5, 5.41) is 9.04. The fourth-order valence-electron chi connectivity index (χ4n) is 2.70. The average Bonchev–Trinajstić information content (AvgIpc) is 2.91. The van der Waals surface area contributed by atoms with Crippen LogP contribution in [0.5, 0.6) is 0 Å². The van der Waals surface area contributed by atoms with Crippen molar-refractivity contribution in [3.63, 3.8) is 0 Å². The van der Waals surface area contributed by atoms with Crippen LogP contribution in [-0.4, -0.2) is 47.3 Å². The van der Waals surface area contributed by atoms with E-state index in [1.807, 2.05) is 18.7 Å². The van der Waals surface area contributed by atoms with E-state index in [0.29, 0.717) is 25.3 Å². The van der Waals surface area contributed by atoms with Crippen LogP contribution >= 0.6 is 0 Å². The topological polar surface area (TPSA) is 62.9 Å². The van der Waals surface area contributed by atoms with Gasteiger partial charge in [-0.2, -0.15) is 0 Å². The molecule has 0 saturated carbocycles. The lowest BCUT2D eigenvalue weighted by Crippen LogP contribution is -2.49. The van der Waals surface area contributed by atoms with Crippen molar-refractivity contribution in [1.82, 2.24) is 4.90 Å². The van der Waals surface area contributed by atoms with Gasteiger partial charge in [-0.25, -0.2) is 0 Å². The van der Waals surface area contributed by atoms with E-state index in [2.05, 4.69) is 0 Å². The Morgan fingerprint density at radius 1 is 1.55 bits per heavy atom. The third-order valence-corrected chi connectivity index (χ3v) is 3.66. The lowest BCUT2D eigenvalue weighted by atomic mass is 9.92. The van der Waals surface area contributed by atoms with Crippen molar-refractivity contribution in [2.75, 3.05) is 19.8 Å². The molecular weight excluding hydrogens is 258 g/mol. The molecule has 1 aromatic rings. The van der Waals surface area contributed by atoms with Gasteiger partial charge in [0.05, 0.1) is 11.9 Å². The second-order valence-electron chi connectivity index (χ2n) is 5.81. The van der Waals surface area contributed by atoms with Gasteiger partial charge in [0, 0.05) is 25.8 Å². The molecule has 1 saturated heterocycles. The van der Waals surface area contributed by atoms with Crippen LogP contribution in [0.2, 0.25) is 0 Å². The van der Waals surface area contributed by atoms with Gasteiger partial charge < -0.3 is 19.2 Å². The number of furan rings is 1. The van der Waals surface area contributed by atoms with Gasteiger partial charge in [-0.15, -0.1) is 0 Å². The maximum absolute atomic E-state index is 12.5. The molecule has 5 heteroatoms. The van der Waals surface area contributed by atoms with Gasteiger partial charge in [0.25, 0.3) is 5.91 Å². The van der Waals surface area contributed by atoms with Crippen LogP contribution in [0.1, 0.15) is 43.7 Å². The molecule has 1 aliphatic rings. The lowest BCUT2D eigenvalue weighted by Gasteiger charge is -2.41. The number of aliphatic hydroxyl groups excluding tert-OH is 1. The number of hydrogen-bond donors (Lipinski definition) is 1. The summed E-state index contributed by atoms with van der Waals surface area (Å²) in [6, 6.07) is 3.52. The van der Waals surface area contributed by atoms with Gasteiger partial charge in [0.15, 0.2) is 5.76 Å². The first-order valence-electron chi connectivity index (χ1n) is 7.13. The maximum Gasteiger partial charge on any atom is 0.289 e. The summed E-state index contributed by atoms with van der Waals surface area (Å²) >= 11 is 0. The van der Waals surface area contributed by atoms with Crippen LogP contribution in [0.4, 0.5) is 0 Å². The molecule has 1 fully saturated rings. The average molecular weight is 281 g/mol. The van der Waals surface area contributed by atoms with Crippen LogP contribution in [0.15, 0.2) is 22.8 Å². The van der Waals surface area contributed by atoms with E-state index in [0.717, 1.165) is 12.8 Å². The number of carbonyl (C=O) groups excluding carboxylic acids is 1. The largest absolute Gasteiger partial charge is 0.459 e. The molecule has 1 aromatic heterocycles. The molecule has 0 aliphatic carbocycles. The molecule has 0 bridgehead atoms. The first-order valence-corrected chi connectivity index (χ1v) is 7.13. The summed E-state index contributed by atoms with van der Waals surface area (Å²) in [7, 11) is 0. The molecule has 0 radical (unpaired) electrons. The molecule has 112 valence electrons. The smallest absolute Gasteiger partial charge is 0.289 e. The molecule has 1 amide bonds. The summed E-state index contributed by atoms with van der Waals surface area (Å²) in [5.74, 6) is 0.249. The number of rotatable bonds is 5. The maximum atomic E-state index is 12.5. The zero-order chi connectivity index (χ0) is 14.6. The van der Waals surface area contributed by atoms with Crippen molar-refractivity contribution in [3.05, 3.63) is 24.2 Å². The summed E-state index contributed by atoms with van der Waals surface area (Å²) in [5.41, 5.74) is -0.218. The van der Waals surface area contributed by atoms with Crippen molar-refractivity contribution in [3.8, 4) is 0 Å². The number of ether oxygens (including phenoxy) is 1. The number of amides is 1. The van der Waals surface area contributed by atoms with Crippen LogP contribution in [0.3, 0.4) is 0 Å². The second kappa shape index (κ2) is 6.41. The first kappa shape index (κ1) is 15.1. The minimum atomic E-state index is -0.218. The zero-order valence-corrected chi connectivity index (χ0v) is 12.2. The van der Waals surface area contributed by atoms with Gasteiger partial charge in [-0.3, -0.25) is 4.79 Å². The first-order chi connectivity index (χ1) is 9.53. The molecule has 5 nitrogen and oxygen atoms in total. The quantitative estimate of drug-likeness (QED) is 0.897. The molecule has 1 N–H and O–H groups in total. The van der Waals surface area contributed by atoms with Crippen LogP contribution < -0.4 is 0 Å². The van der Waals surface area contributed by atoms with Gasteiger partial charge in [-0.1, -0.05) is 0 Å². The highest BCUT2D eigenvalue weighted by Crippen LogP contribution is 2.28. The van der Waals surface area contributed by atoms with Gasteiger partial charge in [-0.05, 0) is 45.2 Å². The van der Waals surface area contributed by atoms with Gasteiger partial charge in [0.1, 0.15) is 0 Å². The van der Waals surface area contributed by atoms with E-state index < -0.39 is 0 Å². The Kier molecular flexibility index (Phi) is 4.83. The third-order valence-electron chi connectivity index (χ3n) is 3.66. The van der Waals surface area contributed by atoms with E-state index in [9.17, 15) is 4.79 Å². The van der Waals surface area contributed by atoms with Gasteiger partial charge in [0.2, 0.25) is 0 Å². The predicted octanol–water partition coefficient (Wildman–Crippen LogP) is 2.06. The molecule has 0 aromatic carbocycles. The van der Waals surface area contributed by atoms with Crippen LogP contribution in [0, 0.1) is 0 Å². The molecule has 20 heavy (non-hydrogen) atoms. The van der Waals surface area contributed by atoms with Crippen LogP contribution in [-0.2, 0) is 4.74 Å². The molecule has 1 atom stereocenters. The Balaban J connectivity index is 2.12. The summed E-state index contributed by atoms with van der Waals surface area (Å²) in [6.45, 7) is 5.35. The van der Waals surface area contributed by atoms with E-state index in [-0.39, 0.29) is 24.2 Å². The SMILES string of the molecule is CC1(C)C[C@H](N(CCCO)C(=O)c2ccco2)CCO1. The summed E-state index contributed by atoms with van der Waals surface area (Å²) in [4.78, 5) is 14.4. The van der Waals surface area contributed by atoms with Crippen molar-refractivity contribution >= 4 is 5.91 Å². The normalized spacial score (nSPS) is 21.6. The molecule has 2 heterocycles. The predicted molar refractivity (Wildman–Crippen MR) is 74.5 cm³/mol. The van der Waals surface area contributed by atoms with Crippen molar-refractivity contribution < 1.29 is 19.1 Å². The van der Waals surface area contributed by atoms with E-state index in [4.69, 9.17) is 14.3 Å². The Labute approximate surface area is 119 Å². The lowest BCUT2D eigenvalue weighted by molar-refractivity contribution is -0.0787. The van der Waals surface area contributed by atoms with Gasteiger partial charge >= 0.3 is 0 Å². The third kappa shape index (κ3) is 3.61. The minimum Gasteiger partial charge on any atom is -0.459 e. The highest BCUT2D eigenvalue weighted by Gasteiger charge is 2.35. The molecule has 2 rings (SSSR count). The Morgan fingerprint density at radius 2 is 2.35 bits per heavy atom. The molecule has 0 unspecified atom stereocenters. The van der Waals surface area contributed by atoms with E-state index in [1.54, 1.807) is 12.1 Å². The highest BCUT2D eigenvalue weighted by molar-refractivity contribution is 5.91. The van der Waals surface area contributed by atoms with E-state index >= 15 is 0 Å². The summed E-state index contributed by atoms with van der Waals surface area (Å²) < 4.78 is 10.9. The number of nitrogens with zero attached hydrogens (tertiary/aromatic N) is 1. The van der Waals surface area contributed by atoms with Crippen molar-refractivity contribution in [2.24, 2.45) is 0 Å². The van der Waals surface area contributed by atoms with Crippen molar-refractivity contribution in [2.45, 2.75) is 44.8 Å². The Bertz CT molecular complexity index is 427. The van der Waals surface area contributed by atoms with Crippen molar-refractivity contribution in [1.29, 1.82) is 0 Å². The van der Waals surface area contributed by atoms with E-state index in [1.165, 1.54) is 6.26 Å². The fourth-order valence-corrected chi connectivity index (χ4v) is 2.70. The number of aliphatic hydroxyl groups is 1. The Hall–Kier alpha value is -1.33. The monoisotopic (exact) mass is 281 g/mol.